The molecular weight excluding hydrogens is 460 g/mol. The summed E-state index contributed by atoms with van der Waals surface area (Å²) in [6, 6.07) is 19.8. The molecule has 0 amide bonds. The van der Waals surface area contributed by atoms with Gasteiger partial charge in [0.2, 0.25) is 0 Å². The van der Waals surface area contributed by atoms with Gasteiger partial charge in [0.05, 0.1) is 0 Å². The van der Waals surface area contributed by atoms with Crippen LogP contribution < -0.4 is 0 Å². The normalized spacial score (nSPS) is 17.2. The van der Waals surface area contributed by atoms with E-state index in [0.717, 1.165) is 18.7 Å². The van der Waals surface area contributed by atoms with Crippen molar-refractivity contribution in [3.05, 3.63) is 95.3 Å². The first-order valence-electron chi connectivity index (χ1n) is 14.8. The van der Waals surface area contributed by atoms with Gasteiger partial charge in [-0.1, -0.05) is 109 Å². The van der Waals surface area contributed by atoms with Gasteiger partial charge in [0.25, 0.3) is 0 Å². The minimum absolute atomic E-state index is 0.407. The first kappa shape index (κ1) is 28.1. The zero-order valence-corrected chi connectivity index (χ0v) is 24.9. The largest absolute Gasteiger partial charge is 0.300 e. The standard InChI is InChI=1S/C36H48N2/c1-24(2)20-28(8)34-22-30(29-15-10-9-11-16-29)21-31(23-33(25(3)4)26(5)6)35(34)38-19-18-37-36(38)32-17-13-12-14-27(32)7/h9-19,21,24-26,28,30,33H,20,22-23H2,1-8H3. The molecule has 2 nitrogen and oxygen atoms in total. The molecule has 1 heterocycles. The van der Waals surface area contributed by atoms with E-state index in [1.165, 1.54) is 34.4 Å². The second kappa shape index (κ2) is 12.3. The highest BCUT2D eigenvalue weighted by molar-refractivity contribution is 5.76. The van der Waals surface area contributed by atoms with Gasteiger partial charge < -0.3 is 0 Å². The van der Waals surface area contributed by atoms with Crippen LogP contribution in [-0.4, -0.2) is 9.55 Å². The maximum atomic E-state index is 4.94. The molecular formula is C36H48N2. The maximum absolute atomic E-state index is 4.94. The molecule has 0 spiro atoms. The molecule has 1 aromatic heterocycles. The van der Waals surface area contributed by atoms with E-state index in [0.29, 0.717) is 35.5 Å². The number of rotatable bonds is 10. The van der Waals surface area contributed by atoms with E-state index in [-0.39, 0.29) is 0 Å². The Kier molecular flexibility index (Phi) is 9.13. The average Bonchev–Trinajstić information content (AvgIpc) is 3.36. The predicted octanol–water partition coefficient (Wildman–Crippen LogP) is 10.2. The number of allylic oxidation sites excluding steroid dienone is 4. The molecule has 2 unspecified atom stereocenters. The van der Waals surface area contributed by atoms with Crippen LogP contribution in [0.2, 0.25) is 0 Å². The molecule has 1 aliphatic rings. The molecule has 1 aliphatic carbocycles. The number of hydrogen-bond donors (Lipinski definition) is 0. The molecule has 0 aliphatic heterocycles. The molecule has 0 N–H and O–H groups in total. The third-order valence-corrected chi connectivity index (χ3v) is 8.53. The van der Waals surface area contributed by atoms with Gasteiger partial charge in [-0.25, -0.2) is 4.98 Å². The second-order valence-corrected chi connectivity index (χ2v) is 12.6. The lowest BCUT2D eigenvalue weighted by atomic mass is 9.73. The molecule has 0 radical (unpaired) electrons. The molecule has 0 fully saturated rings. The molecule has 3 aromatic rings. The van der Waals surface area contributed by atoms with Crippen LogP contribution in [0.4, 0.5) is 0 Å². The van der Waals surface area contributed by atoms with Gasteiger partial charge in [0.1, 0.15) is 5.82 Å². The van der Waals surface area contributed by atoms with Crippen LogP contribution in [0.15, 0.2) is 84.2 Å². The highest BCUT2D eigenvalue weighted by Crippen LogP contribution is 2.46. The van der Waals surface area contributed by atoms with Crippen molar-refractivity contribution >= 4 is 5.70 Å². The Morgan fingerprint density at radius 3 is 2.16 bits per heavy atom. The quantitative estimate of drug-likeness (QED) is 0.266. The molecule has 2 aromatic carbocycles. The van der Waals surface area contributed by atoms with Gasteiger partial charge in [-0.2, -0.15) is 0 Å². The van der Waals surface area contributed by atoms with E-state index in [1.807, 2.05) is 6.20 Å². The maximum Gasteiger partial charge on any atom is 0.144 e. The minimum atomic E-state index is 0.407. The third-order valence-electron chi connectivity index (χ3n) is 8.53. The van der Waals surface area contributed by atoms with Crippen LogP contribution in [0, 0.1) is 36.5 Å². The number of aromatic nitrogens is 2. The van der Waals surface area contributed by atoms with Gasteiger partial charge in [-0.05, 0) is 78.0 Å². The van der Waals surface area contributed by atoms with E-state index in [2.05, 4.69) is 127 Å². The summed E-state index contributed by atoms with van der Waals surface area (Å²) in [5, 5.41) is 0. The van der Waals surface area contributed by atoms with Gasteiger partial charge in [0, 0.05) is 29.6 Å². The Bertz CT molecular complexity index is 1250. The van der Waals surface area contributed by atoms with Crippen LogP contribution in [-0.2, 0) is 0 Å². The van der Waals surface area contributed by atoms with Crippen LogP contribution in [0.5, 0.6) is 0 Å². The van der Waals surface area contributed by atoms with Crippen molar-refractivity contribution in [2.24, 2.45) is 29.6 Å². The SMILES string of the molecule is Cc1ccccc1-c1nccn1C1=C(C(C)CC(C)C)CC(c2ccccc2)C=C1CC(C(C)C)C(C)C. The molecule has 0 bridgehead atoms. The van der Waals surface area contributed by atoms with E-state index in [1.54, 1.807) is 5.57 Å². The summed E-state index contributed by atoms with van der Waals surface area (Å²) in [4.78, 5) is 4.94. The van der Waals surface area contributed by atoms with E-state index in [4.69, 9.17) is 4.98 Å². The second-order valence-electron chi connectivity index (χ2n) is 12.6. The van der Waals surface area contributed by atoms with Gasteiger partial charge >= 0.3 is 0 Å². The smallest absolute Gasteiger partial charge is 0.144 e. The molecule has 202 valence electrons. The van der Waals surface area contributed by atoms with Crippen LogP contribution >= 0.6 is 0 Å². The Labute approximate surface area is 231 Å². The summed E-state index contributed by atoms with van der Waals surface area (Å²) in [6.07, 6.45) is 10.2. The zero-order valence-electron chi connectivity index (χ0n) is 24.9. The Morgan fingerprint density at radius 1 is 0.868 bits per heavy atom. The number of benzene rings is 2. The summed E-state index contributed by atoms with van der Waals surface area (Å²) in [7, 11) is 0. The lowest BCUT2D eigenvalue weighted by Crippen LogP contribution is -2.22. The number of imidazole rings is 1. The van der Waals surface area contributed by atoms with E-state index < -0.39 is 0 Å². The first-order valence-corrected chi connectivity index (χ1v) is 14.8. The first-order chi connectivity index (χ1) is 18.2. The lowest BCUT2D eigenvalue weighted by Gasteiger charge is -2.35. The Morgan fingerprint density at radius 2 is 1.53 bits per heavy atom. The third kappa shape index (κ3) is 6.22. The minimum Gasteiger partial charge on any atom is -0.300 e. The van der Waals surface area contributed by atoms with Crippen LogP contribution in [0.3, 0.4) is 0 Å². The molecule has 4 rings (SSSR count). The highest BCUT2D eigenvalue weighted by Gasteiger charge is 2.31. The molecule has 0 saturated carbocycles. The van der Waals surface area contributed by atoms with Gasteiger partial charge in [0.15, 0.2) is 0 Å². The average molecular weight is 509 g/mol. The van der Waals surface area contributed by atoms with Crippen molar-refractivity contribution in [3.63, 3.8) is 0 Å². The summed E-state index contributed by atoms with van der Waals surface area (Å²) < 4.78 is 2.43. The number of nitrogens with zero attached hydrogens (tertiary/aromatic N) is 2. The fraction of sp³-hybridized carbons (Fsp3) is 0.472. The Balaban J connectivity index is 1.94. The van der Waals surface area contributed by atoms with Crippen molar-refractivity contribution < 1.29 is 0 Å². The summed E-state index contributed by atoms with van der Waals surface area (Å²) >= 11 is 0. The molecule has 38 heavy (non-hydrogen) atoms. The van der Waals surface area contributed by atoms with E-state index in [9.17, 15) is 0 Å². The molecule has 2 heteroatoms. The van der Waals surface area contributed by atoms with Crippen molar-refractivity contribution in [1.82, 2.24) is 9.55 Å². The lowest BCUT2D eigenvalue weighted by molar-refractivity contribution is 0.287. The molecule has 2 atom stereocenters. The summed E-state index contributed by atoms with van der Waals surface area (Å²) in [5.41, 5.74) is 8.40. The van der Waals surface area contributed by atoms with Crippen molar-refractivity contribution in [2.45, 2.75) is 80.6 Å². The van der Waals surface area contributed by atoms with Gasteiger partial charge in [-0.15, -0.1) is 0 Å². The van der Waals surface area contributed by atoms with Crippen molar-refractivity contribution in [1.29, 1.82) is 0 Å². The summed E-state index contributed by atoms with van der Waals surface area (Å²) in [6.45, 7) is 18.9. The van der Waals surface area contributed by atoms with Crippen LogP contribution in [0.1, 0.15) is 84.8 Å². The monoisotopic (exact) mass is 508 g/mol. The van der Waals surface area contributed by atoms with Crippen molar-refractivity contribution in [3.8, 4) is 11.4 Å². The zero-order chi connectivity index (χ0) is 27.4. The fourth-order valence-electron chi connectivity index (χ4n) is 6.60. The highest BCUT2D eigenvalue weighted by atomic mass is 15.1. The van der Waals surface area contributed by atoms with Crippen LogP contribution in [0.25, 0.3) is 17.1 Å². The molecule has 0 saturated heterocycles. The Hall–Kier alpha value is -2.87. The van der Waals surface area contributed by atoms with E-state index >= 15 is 0 Å². The predicted molar refractivity (Wildman–Crippen MR) is 164 cm³/mol. The van der Waals surface area contributed by atoms with Gasteiger partial charge in [-0.3, -0.25) is 4.57 Å². The fourth-order valence-corrected chi connectivity index (χ4v) is 6.60. The number of hydrogen-bond acceptors (Lipinski definition) is 1. The number of aryl methyl sites for hydroxylation is 1. The topological polar surface area (TPSA) is 17.8 Å². The van der Waals surface area contributed by atoms with Crippen molar-refractivity contribution in [2.75, 3.05) is 0 Å². The summed E-state index contributed by atoms with van der Waals surface area (Å²) in [5.74, 6) is 4.50.